The van der Waals surface area contributed by atoms with E-state index in [-0.39, 0.29) is 6.42 Å². The summed E-state index contributed by atoms with van der Waals surface area (Å²) in [7, 11) is 0. The quantitative estimate of drug-likeness (QED) is 0.667. The van der Waals surface area contributed by atoms with Crippen molar-refractivity contribution in [3.63, 3.8) is 0 Å². The van der Waals surface area contributed by atoms with Crippen LogP contribution in [0.5, 0.6) is 5.75 Å². The van der Waals surface area contributed by atoms with Gasteiger partial charge in [0.25, 0.3) is 0 Å². The Bertz CT molecular complexity index is 378. The van der Waals surface area contributed by atoms with Crippen molar-refractivity contribution in [1.82, 2.24) is 0 Å². The second kappa shape index (κ2) is 3.88. The molecular formula is C11H11FO3. The highest BCUT2D eigenvalue weighted by Gasteiger charge is 2.29. The Morgan fingerprint density at radius 2 is 2.27 bits per heavy atom. The van der Waals surface area contributed by atoms with E-state index < -0.39 is 18.4 Å². The van der Waals surface area contributed by atoms with Gasteiger partial charge < -0.3 is 9.47 Å². The van der Waals surface area contributed by atoms with Crippen LogP contribution in [0.1, 0.15) is 25.0 Å². The Hall–Kier alpha value is -1.58. The number of carbonyl (C=O) groups excluding carboxylic acids is 1. The van der Waals surface area contributed by atoms with Crippen LogP contribution in [0, 0.1) is 0 Å². The third-order valence-corrected chi connectivity index (χ3v) is 2.23. The van der Waals surface area contributed by atoms with Crippen molar-refractivity contribution in [2.75, 3.05) is 0 Å². The van der Waals surface area contributed by atoms with E-state index in [2.05, 4.69) is 0 Å². The first kappa shape index (κ1) is 9.96. The van der Waals surface area contributed by atoms with Crippen LogP contribution in [0.4, 0.5) is 4.39 Å². The molecule has 0 N–H and O–H groups in total. The minimum absolute atomic E-state index is 0.0522. The summed E-state index contributed by atoms with van der Waals surface area (Å²) in [6.45, 7) is 1.31. The molecule has 0 fully saturated rings. The molecule has 1 aliphatic rings. The lowest BCUT2D eigenvalue weighted by Gasteiger charge is -2.27. The molecule has 0 spiro atoms. The van der Waals surface area contributed by atoms with Crippen molar-refractivity contribution in [3.05, 3.63) is 29.8 Å². The van der Waals surface area contributed by atoms with E-state index in [1.54, 1.807) is 24.3 Å². The van der Waals surface area contributed by atoms with E-state index in [9.17, 15) is 9.18 Å². The molecule has 1 aromatic rings. The number of esters is 1. The zero-order chi connectivity index (χ0) is 10.8. The summed E-state index contributed by atoms with van der Waals surface area (Å²) in [6, 6.07) is 6.99. The average Bonchev–Trinajstić information content (AvgIpc) is 2.16. The number of halogens is 1. The lowest BCUT2D eigenvalue weighted by molar-refractivity contribution is -0.150. The van der Waals surface area contributed by atoms with Gasteiger partial charge in [0, 0.05) is 12.5 Å². The lowest BCUT2D eigenvalue weighted by Crippen LogP contribution is -2.24. The van der Waals surface area contributed by atoms with Gasteiger partial charge >= 0.3 is 5.97 Å². The molecule has 0 amide bonds. The molecule has 0 aromatic heterocycles. The zero-order valence-electron chi connectivity index (χ0n) is 8.27. The standard InChI is InChI=1S/C11H11FO3/c1-7(13)14-10-6-11(12)15-9-5-3-2-4-8(9)10/h2-5,10-11H,6H2,1H3. The fourth-order valence-electron chi connectivity index (χ4n) is 1.65. The molecule has 4 heteroatoms. The zero-order valence-corrected chi connectivity index (χ0v) is 8.27. The van der Waals surface area contributed by atoms with Crippen molar-refractivity contribution in [2.24, 2.45) is 0 Å². The predicted molar refractivity (Wildman–Crippen MR) is 51.1 cm³/mol. The number of rotatable bonds is 1. The molecule has 2 rings (SSSR count). The number of hydrogen-bond donors (Lipinski definition) is 0. The summed E-state index contributed by atoms with van der Waals surface area (Å²) in [5.41, 5.74) is 0.724. The van der Waals surface area contributed by atoms with Gasteiger partial charge in [-0.3, -0.25) is 4.79 Å². The molecule has 1 heterocycles. The SMILES string of the molecule is CC(=O)OC1CC(F)Oc2ccccc21. The lowest BCUT2D eigenvalue weighted by atomic mass is 10.0. The van der Waals surface area contributed by atoms with E-state index in [1.165, 1.54) is 6.92 Å². The number of hydrogen-bond acceptors (Lipinski definition) is 3. The van der Waals surface area contributed by atoms with Crippen molar-refractivity contribution < 1.29 is 18.7 Å². The minimum Gasteiger partial charge on any atom is -0.460 e. The minimum atomic E-state index is -1.41. The highest BCUT2D eigenvalue weighted by molar-refractivity contribution is 5.66. The van der Waals surface area contributed by atoms with Crippen molar-refractivity contribution in [2.45, 2.75) is 25.8 Å². The van der Waals surface area contributed by atoms with E-state index >= 15 is 0 Å². The maximum Gasteiger partial charge on any atom is 0.303 e. The van der Waals surface area contributed by atoms with E-state index in [0.717, 1.165) is 5.56 Å². The summed E-state index contributed by atoms with van der Waals surface area (Å²) < 4.78 is 23.2. The molecular weight excluding hydrogens is 199 g/mol. The fourth-order valence-corrected chi connectivity index (χ4v) is 1.65. The molecule has 0 saturated heterocycles. The van der Waals surface area contributed by atoms with Gasteiger partial charge in [-0.15, -0.1) is 0 Å². The molecule has 2 atom stereocenters. The highest BCUT2D eigenvalue weighted by atomic mass is 19.1. The molecule has 1 aromatic carbocycles. The van der Waals surface area contributed by atoms with Gasteiger partial charge in [-0.1, -0.05) is 18.2 Å². The second-order valence-corrected chi connectivity index (χ2v) is 3.40. The number of benzene rings is 1. The highest BCUT2D eigenvalue weighted by Crippen LogP contribution is 2.37. The number of para-hydroxylation sites is 1. The molecule has 1 aliphatic heterocycles. The largest absolute Gasteiger partial charge is 0.460 e. The second-order valence-electron chi connectivity index (χ2n) is 3.40. The molecule has 0 aliphatic carbocycles. The Morgan fingerprint density at radius 3 is 3.00 bits per heavy atom. The third-order valence-electron chi connectivity index (χ3n) is 2.23. The molecule has 80 valence electrons. The van der Waals surface area contributed by atoms with Crippen LogP contribution in [0.3, 0.4) is 0 Å². The summed E-state index contributed by atoms with van der Waals surface area (Å²) in [4.78, 5) is 10.8. The van der Waals surface area contributed by atoms with Gasteiger partial charge in [0.15, 0.2) is 0 Å². The van der Waals surface area contributed by atoms with Crippen LogP contribution in [0.15, 0.2) is 24.3 Å². The summed E-state index contributed by atoms with van der Waals surface area (Å²) in [6.07, 6.45) is -1.90. The van der Waals surface area contributed by atoms with Gasteiger partial charge in [-0.05, 0) is 6.07 Å². The number of ether oxygens (including phenoxy) is 2. The van der Waals surface area contributed by atoms with Crippen LogP contribution < -0.4 is 4.74 Å². The van der Waals surface area contributed by atoms with Gasteiger partial charge in [-0.25, -0.2) is 4.39 Å². The van der Waals surface area contributed by atoms with E-state index in [0.29, 0.717) is 5.75 Å². The van der Waals surface area contributed by atoms with Crippen molar-refractivity contribution >= 4 is 5.97 Å². The van der Waals surface area contributed by atoms with Crippen LogP contribution in [0.25, 0.3) is 0 Å². The molecule has 3 nitrogen and oxygen atoms in total. The van der Waals surface area contributed by atoms with Crippen LogP contribution in [-0.2, 0) is 9.53 Å². The van der Waals surface area contributed by atoms with Crippen molar-refractivity contribution in [3.8, 4) is 5.75 Å². The fraction of sp³-hybridized carbons (Fsp3) is 0.364. The molecule has 0 saturated carbocycles. The maximum absolute atomic E-state index is 13.1. The predicted octanol–water partition coefficient (Wildman–Crippen LogP) is 2.37. The summed E-state index contributed by atoms with van der Waals surface area (Å²) in [5, 5.41) is 0. The van der Waals surface area contributed by atoms with Crippen LogP contribution in [-0.4, -0.2) is 12.3 Å². The summed E-state index contributed by atoms with van der Waals surface area (Å²) >= 11 is 0. The Labute approximate surface area is 86.8 Å². The van der Waals surface area contributed by atoms with E-state index in [1.807, 2.05) is 0 Å². The van der Waals surface area contributed by atoms with Crippen LogP contribution >= 0.6 is 0 Å². The Balaban J connectivity index is 2.29. The van der Waals surface area contributed by atoms with Gasteiger partial charge in [0.05, 0.1) is 6.42 Å². The Morgan fingerprint density at radius 1 is 1.53 bits per heavy atom. The number of fused-ring (bicyclic) bond motifs is 1. The first-order valence-electron chi connectivity index (χ1n) is 4.73. The third kappa shape index (κ3) is 2.09. The first-order valence-corrected chi connectivity index (χ1v) is 4.73. The normalized spacial score (nSPS) is 23.9. The maximum atomic E-state index is 13.1. The first-order chi connectivity index (χ1) is 7.16. The molecule has 2 unspecified atom stereocenters. The van der Waals surface area contributed by atoms with Crippen molar-refractivity contribution in [1.29, 1.82) is 0 Å². The molecule has 15 heavy (non-hydrogen) atoms. The molecule has 0 radical (unpaired) electrons. The Kier molecular flexibility index (Phi) is 2.58. The van der Waals surface area contributed by atoms with E-state index in [4.69, 9.17) is 9.47 Å². The monoisotopic (exact) mass is 210 g/mol. The van der Waals surface area contributed by atoms with Gasteiger partial charge in [0.2, 0.25) is 6.36 Å². The number of carbonyl (C=O) groups is 1. The van der Waals surface area contributed by atoms with Crippen LogP contribution in [0.2, 0.25) is 0 Å². The topological polar surface area (TPSA) is 35.5 Å². The summed E-state index contributed by atoms with van der Waals surface area (Å²) in [5.74, 6) is 0.0337. The smallest absolute Gasteiger partial charge is 0.303 e. The number of alkyl halides is 1. The average molecular weight is 210 g/mol. The van der Waals surface area contributed by atoms with Gasteiger partial charge in [0.1, 0.15) is 11.9 Å². The molecule has 0 bridgehead atoms. The van der Waals surface area contributed by atoms with Gasteiger partial charge in [-0.2, -0.15) is 0 Å².